The maximum Gasteiger partial charge on any atom is 0.274 e. The lowest BCUT2D eigenvalue weighted by molar-refractivity contribution is 0.0930. The Morgan fingerprint density at radius 1 is 1.12 bits per heavy atom. The highest BCUT2D eigenvalue weighted by atomic mass is 16.2. The molecular weight excluding hydrogens is 326 g/mol. The summed E-state index contributed by atoms with van der Waals surface area (Å²) < 4.78 is 1.38. The molecule has 0 spiro atoms. The zero-order valence-electron chi connectivity index (χ0n) is 14.7. The minimum atomic E-state index is -0.220. The van der Waals surface area contributed by atoms with Crippen molar-refractivity contribution < 1.29 is 4.79 Å². The summed E-state index contributed by atoms with van der Waals surface area (Å²) >= 11 is 0. The predicted octanol–water partition coefficient (Wildman–Crippen LogP) is 2.97. The monoisotopic (exact) mass is 347 g/mol. The van der Waals surface area contributed by atoms with Crippen LogP contribution in [0.4, 0.5) is 0 Å². The number of nitrogens with one attached hydrogen (secondary N) is 1. The molecule has 1 heterocycles. The molecule has 0 saturated heterocycles. The van der Waals surface area contributed by atoms with E-state index in [4.69, 9.17) is 0 Å². The second-order valence-electron chi connectivity index (χ2n) is 6.94. The highest BCUT2D eigenvalue weighted by Gasteiger charge is 2.30. The molecule has 4 rings (SSSR count). The van der Waals surface area contributed by atoms with Gasteiger partial charge in [0, 0.05) is 11.4 Å². The van der Waals surface area contributed by atoms with Crippen LogP contribution >= 0.6 is 0 Å². The summed E-state index contributed by atoms with van der Waals surface area (Å²) in [5.74, 6) is 0.336. The number of benzene rings is 2. The van der Waals surface area contributed by atoms with Crippen LogP contribution in [0.5, 0.6) is 0 Å². The van der Waals surface area contributed by atoms with Crippen molar-refractivity contribution in [2.45, 2.75) is 32.4 Å². The van der Waals surface area contributed by atoms with Crippen molar-refractivity contribution in [3.05, 3.63) is 76.2 Å². The Balaban J connectivity index is 1.76. The molecular formula is C21H21N3O2. The molecule has 1 atom stereocenters. The summed E-state index contributed by atoms with van der Waals surface area (Å²) in [6.07, 6.45) is 2.31. The van der Waals surface area contributed by atoms with Crippen molar-refractivity contribution in [3.8, 4) is 0 Å². The van der Waals surface area contributed by atoms with Crippen LogP contribution in [0.3, 0.4) is 0 Å². The molecule has 1 saturated carbocycles. The highest BCUT2D eigenvalue weighted by Crippen LogP contribution is 2.32. The van der Waals surface area contributed by atoms with E-state index in [1.54, 1.807) is 12.1 Å². The van der Waals surface area contributed by atoms with E-state index in [0.717, 1.165) is 18.4 Å². The molecule has 0 bridgehead atoms. The van der Waals surface area contributed by atoms with Gasteiger partial charge in [-0.15, -0.1) is 0 Å². The van der Waals surface area contributed by atoms with Gasteiger partial charge in [0.1, 0.15) is 0 Å². The molecule has 3 aromatic rings. The second kappa shape index (κ2) is 6.75. The number of fused-ring (bicyclic) bond motifs is 1. The third-order valence-electron chi connectivity index (χ3n) is 4.95. The maximum atomic E-state index is 12.8. The summed E-state index contributed by atoms with van der Waals surface area (Å²) in [5, 5.41) is 8.58. The third-order valence-corrected chi connectivity index (χ3v) is 4.95. The van der Waals surface area contributed by atoms with E-state index in [0.29, 0.717) is 28.9 Å². The van der Waals surface area contributed by atoms with Crippen LogP contribution in [0, 0.1) is 5.92 Å². The number of amides is 1. The van der Waals surface area contributed by atoms with Gasteiger partial charge < -0.3 is 5.32 Å². The van der Waals surface area contributed by atoms with Crippen molar-refractivity contribution >= 4 is 16.7 Å². The van der Waals surface area contributed by atoms with Crippen LogP contribution in [0.2, 0.25) is 0 Å². The van der Waals surface area contributed by atoms with Crippen LogP contribution in [-0.2, 0) is 6.54 Å². The topological polar surface area (TPSA) is 64.0 Å². The van der Waals surface area contributed by atoms with E-state index in [9.17, 15) is 9.59 Å². The Morgan fingerprint density at radius 2 is 1.77 bits per heavy atom. The Bertz CT molecular complexity index is 1010. The lowest BCUT2D eigenvalue weighted by Crippen LogP contribution is -2.36. The quantitative estimate of drug-likeness (QED) is 0.772. The van der Waals surface area contributed by atoms with Gasteiger partial charge >= 0.3 is 0 Å². The van der Waals surface area contributed by atoms with E-state index in [2.05, 4.69) is 10.4 Å². The Labute approximate surface area is 151 Å². The van der Waals surface area contributed by atoms with E-state index < -0.39 is 0 Å². The molecule has 5 nitrogen and oxygen atoms in total. The maximum absolute atomic E-state index is 12.8. The first-order valence-electron chi connectivity index (χ1n) is 8.98. The molecule has 1 aliphatic carbocycles. The van der Waals surface area contributed by atoms with Gasteiger partial charge in [-0.25, -0.2) is 4.68 Å². The summed E-state index contributed by atoms with van der Waals surface area (Å²) in [6.45, 7) is 2.36. The fourth-order valence-electron chi connectivity index (χ4n) is 3.26. The number of aromatic nitrogens is 2. The van der Waals surface area contributed by atoms with Crippen molar-refractivity contribution in [3.63, 3.8) is 0 Å². The normalized spacial score (nSPS) is 15.0. The van der Waals surface area contributed by atoms with Gasteiger partial charge in [0.25, 0.3) is 11.5 Å². The van der Waals surface area contributed by atoms with Gasteiger partial charge in [0.05, 0.1) is 11.9 Å². The molecule has 1 amide bonds. The summed E-state index contributed by atoms with van der Waals surface area (Å²) in [6, 6.07) is 17.0. The molecule has 26 heavy (non-hydrogen) atoms. The predicted molar refractivity (Wildman–Crippen MR) is 101 cm³/mol. The fourth-order valence-corrected chi connectivity index (χ4v) is 3.26. The van der Waals surface area contributed by atoms with Gasteiger partial charge in [0.15, 0.2) is 5.69 Å². The third kappa shape index (κ3) is 3.25. The van der Waals surface area contributed by atoms with Crippen LogP contribution in [-0.4, -0.2) is 21.7 Å². The van der Waals surface area contributed by atoms with Crippen LogP contribution in [0.1, 0.15) is 35.8 Å². The van der Waals surface area contributed by atoms with Crippen molar-refractivity contribution in [1.29, 1.82) is 0 Å². The summed E-state index contributed by atoms with van der Waals surface area (Å²) in [4.78, 5) is 25.6. The van der Waals surface area contributed by atoms with Gasteiger partial charge in [-0.3, -0.25) is 9.59 Å². The largest absolute Gasteiger partial charge is 0.348 e. The smallest absolute Gasteiger partial charge is 0.274 e. The lowest BCUT2D eigenvalue weighted by Gasteiger charge is -2.15. The first-order chi connectivity index (χ1) is 12.6. The SMILES string of the molecule is C[C@@H](NC(=O)c1nn(Cc2ccccc2)c(=O)c2ccccc12)C1CC1. The second-order valence-corrected chi connectivity index (χ2v) is 6.94. The number of carbonyl (C=O) groups excluding carboxylic acids is 1. The average molecular weight is 347 g/mol. The lowest BCUT2D eigenvalue weighted by atomic mass is 10.1. The molecule has 1 fully saturated rings. The number of hydrogen-bond acceptors (Lipinski definition) is 3. The number of rotatable bonds is 5. The van der Waals surface area contributed by atoms with Crippen LogP contribution in [0.15, 0.2) is 59.4 Å². The van der Waals surface area contributed by atoms with E-state index >= 15 is 0 Å². The Kier molecular flexibility index (Phi) is 4.29. The van der Waals surface area contributed by atoms with Crippen molar-refractivity contribution in [2.75, 3.05) is 0 Å². The van der Waals surface area contributed by atoms with Crippen molar-refractivity contribution in [2.24, 2.45) is 5.92 Å². The zero-order valence-corrected chi connectivity index (χ0v) is 14.7. The molecule has 1 N–H and O–H groups in total. The van der Waals surface area contributed by atoms with Gasteiger partial charge in [0.2, 0.25) is 0 Å². The van der Waals surface area contributed by atoms with E-state index in [-0.39, 0.29) is 17.5 Å². The molecule has 0 radical (unpaired) electrons. The molecule has 1 aliphatic rings. The molecule has 5 heteroatoms. The number of nitrogens with zero attached hydrogens (tertiary/aromatic N) is 2. The highest BCUT2D eigenvalue weighted by molar-refractivity contribution is 6.04. The van der Waals surface area contributed by atoms with Crippen LogP contribution < -0.4 is 10.9 Å². The van der Waals surface area contributed by atoms with Gasteiger partial charge in [-0.1, -0.05) is 48.5 Å². The van der Waals surface area contributed by atoms with Gasteiger partial charge in [-0.2, -0.15) is 5.10 Å². The molecule has 0 aliphatic heterocycles. The zero-order chi connectivity index (χ0) is 18.1. The van der Waals surface area contributed by atoms with Gasteiger partial charge in [-0.05, 0) is 37.3 Å². The first kappa shape index (κ1) is 16.5. The fraction of sp³-hybridized carbons (Fsp3) is 0.286. The van der Waals surface area contributed by atoms with E-state index in [1.807, 2.05) is 49.4 Å². The molecule has 0 unspecified atom stereocenters. The van der Waals surface area contributed by atoms with Crippen molar-refractivity contribution in [1.82, 2.24) is 15.1 Å². The molecule has 1 aromatic heterocycles. The summed E-state index contributed by atoms with van der Waals surface area (Å²) in [5.41, 5.74) is 1.09. The first-order valence-corrected chi connectivity index (χ1v) is 8.98. The Hall–Kier alpha value is -2.95. The number of hydrogen-bond donors (Lipinski definition) is 1. The van der Waals surface area contributed by atoms with E-state index in [1.165, 1.54) is 4.68 Å². The minimum absolute atomic E-state index is 0.123. The van der Waals surface area contributed by atoms with Crippen LogP contribution in [0.25, 0.3) is 10.8 Å². The Morgan fingerprint density at radius 3 is 2.46 bits per heavy atom. The number of carbonyl (C=O) groups is 1. The average Bonchev–Trinajstić information content (AvgIpc) is 3.50. The standard InChI is InChI=1S/C21H21N3O2/c1-14(16-11-12-16)22-20(25)19-17-9-5-6-10-18(17)21(26)24(23-19)13-15-7-3-2-4-8-15/h2-10,14,16H,11-13H2,1H3,(H,22,25)/t14-/m1/s1. The molecule has 132 valence electrons. The molecule has 2 aromatic carbocycles. The summed E-state index contributed by atoms with van der Waals surface area (Å²) in [7, 11) is 0. The minimum Gasteiger partial charge on any atom is -0.348 e.